The molecule has 0 aromatic heterocycles. The summed E-state index contributed by atoms with van der Waals surface area (Å²) < 4.78 is 5.96. The predicted octanol–water partition coefficient (Wildman–Crippen LogP) is 5.85. The van der Waals surface area contributed by atoms with E-state index in [-0.39, 0.29) is 16.9 Å². The van der Waals surface area contributed by atoms with Crippen LogP contribution in [0.4, 0.5) is 0 Å². The molecule has 1 aliphatic rings. The van der Waals surface area contributed by atoms with Gasteiger partial charge in [-0.3, -0.25) is 4.79 Å². The summed E-state index contributed by atoms with van der Waals surface area (Å²) in [5, 5.41) is 16.6. The molecule has 2 N–H and O–H groups in total. The number of carbonyl (C=O) groups is 1. The number of Topliss-reactive ketones (excluding diaryl/α,β-unsaturated/α-hetero) is 1. The summed E-state index contributed by atoms with van der Waals surface area (Å²) in [6.45, 7) is 9.32. The van der Waals surface area contributed by atoms with Crippen molar-refractivity contribution in [2.24, 2.45) is 5.92 Å². The average Bonchev–Trinajstić information content (AvgIpc) is 2.67. The monoisotopic (exact) mass is 453 g/mol. The second kappa shape index (κ2) is 9.62. The van der Waals surface area contributed by atoms with E-state index in [1.165, 1.54) is 0 Å². The number of nitriles is 1. The molecule has 1 fully saturated rings. The molecule has 0 atom stereocenters. The van der Waals surface area contributed by atoms with E-state index in [1.807, 2.05) is 19.2 Å². The zero-order chi connectivity index (χ0) is 23.5. The highest BCUT2D eigenvalue weighted by Gasteiger charge is 2.38. The van der Waals surface area contributed by atoms with Gasteiger partial charge < -0.3 is 15.4 Å². The summed E-state index contributed by atoms with van der Waals surface area (Å²) in [7, 11) is 1.83. The second-order valence-corrected chi connectivity index (χ2v) is 10.4. The van der Waals surface area contributed by atoms with Gasteiger partial charge >= 0.3 is 0 Å². The van der Waals surface area contributed by atoms with Crippen molar-refractivity contribution in [3.8, 4) is 17.6 Å². The molecule has 6 heteroatoms. The van der Waals surface area contributed by atoms with E-state index in [4.69, 9.17) is 16.3 Å². The van der Waals surface area contributed by atoms with Crippen molar-refractivity contribution in [2.45, 2.75) is 64.6 Å². The molecule has 170 valence electrons. The quantitative estimate of drug-likeness (QED) is 0.514. The van der Waals surface area contributed by atoms with Crippen LogP contribution in [0.1, 0.15) is 68.4 Å². The molecular weight excluding hydrogens is 422 g/mol. The van der Waals surface area contributed by atoms with Crippen LogP contribution in [0.2, 0.25) is 5.02 Å². The zero-order valence-electron chi connectivity index (χ0n) is 19.5. The second-order valence-electron chi connectivity index (χ2n) is 9.97. The van der Waals surface area contributed by atoms with Crippen molar-refractivity contribution in [3.05, 3.63) is 58.1 Å². The number of carbonyl (C=O) groups excluding carboxylic acids is 1. The molecular formula is C26H32ClN3O2. The Labute approximate surface area is 196 Å². The lowest BCUT2D eigenvalue weighted by atomic mass is 9.74. The number of nitrogens with one attached hydrogen (secondary N) is 2. The minimum Gasteiger partial charge on any atom is -0.454 e. The molecule has 0 saturated carbocycles. The average molecular weight is 454 g/mol. The largest absolute Gasteiger partial charge is 0.454 e. The van der Waals surface area contributed by atoms with E-state index in [2.05, 4.69) is 44.4 Å². The number of ether oxygens (including phenoxy) is 1. The predicted molar refractivity (Wildman–Crippen MR) is 128 cm³/mol. The molecule has 2 aromatic carbocycles. The third-order valence-corrected chi connectivity index (χ3v) is 6.11. The molecule has 1 saturated heterocycles. The van der Waals surface area contributed by atoms with Gasteiger partial charge in [-0.2, -0.15) is 5.26 Å². The number of hydrogen-bond acceptors (Lipinski definition) is 5. The van der Waals surface area contributed by atoms with E-state index in [1.54, 1.807) is 24.3 Å². The molecule has 1 heterocycles. The number of nitrogens with zero attached hydrogens (tertiary/aromatic N) is 1. The normalized spacial score (nSPS) is 17.5. The van der Waals surface area contributed by atoms with Gasteiger partial charge in [-0.1, -0.05) is 23.7 Å². The topological polar surface area (TPSA) is 74.2 Å². The summed E-state index contributed by atoms with van der Waals surface area (Å²) in [6.07, 6.45) is 2.41. The fourth-order valence-electron chi connectivity index (χ4n) is 5.06. The number of benzene rings is 2. The van der Waals surface area contributed by atoms with Crippen molar-refractivity contribution in [2.75, 3.05) is 7.05 Å². The number of halogens is 1. The Bertz CT molecular complexity index is 1020. The molecule has 0 aliphatic carbocycles. The van der Waals surface area contributed by atoms with E-state index < -0.39 is 0 Å². The van der Waals surface area contributed by atoms with Crippen LogP contribution in [-0.2, 0) is 6.54 Å². The molecule has 0 radical (unpaired) electrons. The Balaban J connectivity index is 1.75. The molecule has 32 heavy (non-hydrogen) atoms. The molecule has 0 amide bonds. The maximum Gasteiger partial charge on any atom is 0.163 e. The van der Waals surface area contributed by atoms with E-state index in [0.717, 1.165) is 18.4 Å². The summed E-state index contributed by atoms with van der Waals surface area (Å²) in [5.41, 5.74) is 1.91. The maximum atomic E-state index is 13.0. The van der Waals surface area contributed by atoms with Gasteiger partial charge in [0.25, 0.3) is 0 Å². The molecule has 0 unspecified atom stereocenters. The summed E-state index contributed by atoms with van der Waals surface area (Å²) in [5.74, 6) is 1.27. The van der Waals surface area contributed by atoms with Crippen LogP contribution in [0.5, 0.6) is 11.5 Å². The summed E-state index contributed by atoms with van der Waals surface area (Å²) in [6, 6.07) is 12.8. The summed E-state index contributed by atoms with van der Waals surface area (Å²) in [4.78, 5) is 13.0. The zero-order valence-corrected chi connectivity index (χ0v) is 20.3. The standard InChI is InChI=1S/C26H32ClN3O2/c1-25(2)13-17(14-26(3,4)30-25)11-22(31)18-9-10-24(21(27)12-18)32-23-8-6-7-19(16-29-5)20(23)15-28/h6-10,12,17,29-30H,11,13-14,16H2,1-5H3. The van der Waals surface area contributed by atoms with Crippen LogP contribution in [-0.4, -0.2) is 23.9 Å². The molecule has 3 rings (SSSR count). The van der Waals surface area contributed by atoms with Crippen molar-refractivity contribution < 1.29 is 9.53 Å². The highest BCUT2D eigenvalue weighted by Crippen LogP contribution is 2.37. The first-order valence-electron chi connectivity index (χ1n) is 11.0. The van der Waals surface area contributed by atoms with Crippen LogP contribution in [0.25, 0.3) is 0 Å². The smallest absolute Gasteiger partial charge is 0.163 e. The fraction of sp³-hybridized carbons (Fsp3) is 0.462. The Hall–Kier alpha value is -2.39. The van der Waals surface area contributed by atoms with Crippen molar-refractivity contribution >= 4 is 17.4 Å². The number of rotatable bonds is 7. The first kappa shape index (κ1) is 24.3. The van der Waals surface area contributed by atoms with Crippen molar-refractivity contribution in [3.63, 3.8) is 0 Å². The van der Waals surface area contributed by atoms with E-state index in [9.17, 15) is 10.1 Å². The minimum atomic E-state index is 0.00230. The minimum absolute atomic E-state index is 0.00230. The molecule has 1 aliphatic heterocycles. The van der Waals surface area contributed by atoms with Crippen molar-refractivity contribution in [1.82, 2.24) is 10.6 Å². The third kappa shape index (κ3) is 5.89. The van der Waals surface area contributed by atoms with Gasteiger partial charge in [0.15, 0.2) is 5.78 Å². The fourth-order valence-corrected chi connectivity index (χ4v) is 5.28. The van der Waals surface area contributed by atoms with Crippen LogP contribution >= 0.6 is 11.6 Å². The lowest BCUT2D eigenvalue weighted by molar-refractivity contribution is 0.0864. The van der Waals surface area contributed by atoms with Gasteiger partial charge in [-0.05, 0) is 83.3 Å². The Morgan fingerprint density at radius 3 is 2.47 bits per heavy atom. The van der Waals surface area contributed by atoms with Crippen LogP contribution in [0.15, 0.2) is 36.4 Å². The first-order valence-corrected chi connectivity index (χ1v) is 11.4. The highest BCUT2D eigenvalue weighted by molar-refractivity contribution is 6.32. The van der Waals surface area contributed by atoms with Crippen LogP contribution < -0.4 is 15.4 Å². The van der Waals surface area contributed by atoms with Gasteiger partial charge in [0.2, 0.25) is 0 Å². The van der Waals surface area contributed by atoms with Gasteiger partial charge in [0, 0.05) is 29.6 Å². The molecule has 2 aromatic rings. The van der Waals surface area contributed by atoms with Gasteiger partial charge in [0.05, 0.1) is 10.6 Å². The van der Waals surface area contributed by atoms with E-state index in [0.29, 0.717) is 46.5 Å². The van der Waals surface area contributed by atoms with Crippen LogP contribution in [0, 0.1) is 17.2 Å². The molecule has 0 spiro atoms. The lowest BCUT2D eigenvalue weighted by Gasteiger charge is -2.46. The third-order valence-electron chi connectivity index (χ3n) is 5.81. The van der Waals surface area contributed by atoms with Crippen molar-refractivity contribution in [1.29, 1.82) is 5.26 Å². The first-order chi connectivity index (χ1) is 15.0. The highest BCUT2D eigenvalue weighted by atomic mass is 35.5. The van der Waals surface area contributed by atoms with Gasteiger partial charge in [-0.15, -0.1) is 0 Å². The molecule has 0 bridgehead atoms. The Morgan fingerprint density at radius 2 is 1.88 bits per heavy atom. The van der Waals surface area contributed by atoms with E-state index >= 15 is 0 Å². The van der Waals surface area contributed by atoms with Crippen LogP contribution in [0.3, 0.4) is 0 Å². The molecule has 5 nitrogen and oxygen atoms in total. The number of hydrogen-bond donors (Lipinski definition) is 2. The lowest BCUT2D eigenvalue weighted by Crippen LogP contribution is -2.57. The SMILES string of the molecule is CNCc1cccc(Oc2ccc(C(=O)CC3CC(C)(C)NC(C)(C)C3)cc2Cl)c1C#N. The maximum absolute atomic E-state index is 13.0. The number of ketones is 1. The Morgan fingerprint density at radius 1 is 1.19 bits per heavy atom. The van der Waals surface area contributed by atoms with Gasteiger partial charge in [-0.25, -0.2) is 0 Å². The summed E-state index contributed by atoms with van der Waals surface area (Å²) >= 11 is 6.47. The Kier molecular flexibility index (Phi) is 7.29. The van der Waals surface area contributed by atoms with Gasteiger partial charge in [0.1, 0.15) is 17.6 Å². The number of piperidine rings is 1.